The summed E-state index contributed by atoms with van der Waals surface area (Å²) in [6.07, 6.45) is 5.81. The monoisotopic (exact) mass is 622 g/mol. The van der Waals surface area contributed by atoms with Crippen LogP contribution in [0.4, 0.5) is 0 Å². The summed E-state index contributed by atoms with van der Waals surface area (Å²) >= 11 is 0. The molecule has 2 saturated heterocycles. The van der Waals surface area contributed by atoms with Crippen molar-refractivity contribution in [2.75, 3.05) is 39.3 Å². The highest BCUT2D eigenvalue weighted by Crippen LogP contribution is 2.34. The predicted octanol–water partition coefficient (Wildman–Crippen LogP) is 7.30. The molecule has 0 radical (unpaired) electrons. The lowest BCUT2D eigenvalue weighted by molar-refractivity contribution is -0.141. The summed E-state index contributed by atoms with van der Waals surface area (Å²) < 4.78 is 0. The van der Waals surface area contributed by atoms with Crippen LogP contribution >= 0.6 is 0 Å². The minimum Gasteiger partial charge on any atom is -0.338 e. The lowest BCUT2D eigenvalue weighted by atomic mass is 9.92. The first-order chi connectivity index (χ1) is 22.5. The molecule has 2 aliphatic heterocycles. The predicted molar refractivity (Wildman–Crippen MR) is 187 cm³/mol. The fraction of sp³-hybridized carbons (Fsp3) is 0.500. The molecular weight excluding hydrogens is 568 g/mol. The number of hydrogen-bond donors (Lipinski definition) is 0. The van der Waals surface area contributed by atoms with Crippen molar-refractivity contribution < 1.29 is 9.59 Å². The number of aryl methyl sites for hydroxylation is 1. The second kappa shape index (κ2) is 16.9. The number of likely N-dealkylation sites (tertiary alicyclic amines) is 2. The Morgan fingerprint density at radius 3 is 1.52 bits per heavy atom. The summed E-state index contributed by atoms with van der Waals surface area (Å²) in [6, 6.07) is 29.7. The summed E-state index contributed by atoms with van der Waals surface area (Å²) in [7, 11) is 0. The van der Waals surface area contributed by atoms with Crippen LogP contribution < -0.4 is 0 Å². The average Bonchev–Trinajstić information content (AvgIpc) is 3.09. The lowest BCUT2D eigenvalue weighted by Gasteiger charge is -2.46. The fourth-order valence-electron chi connectivity index (χ4n) is 7.45. The molecule has 3 aromatic carbocycles. The van der Waals surface area contributed by atoms with E-state index in [0.717, 1.165) is 77.8 Å². The van der Waals surface area contributed by atoms with Gasteiger partial charge in [-0.2, -0.15) is 0 Å². The van der Waals surface area contributed by atoms with E-state index in [4.69, 9.17) is 0 Å². The van der Waals surface area contributed by atoms with Gasteiger partial charge in [0, 0.05) is 52.4 Å². The van der Waals surface area contributed by atoms with E-state index in [2.05, 4.69) is 113 Å². The van der Waals surface area contributed by atoms with Gasteiger partial charge < -0.3 is 9.80 Å². The molecule has 5 rings (SSSR count). The zero-order valence-corrected chi connectivity index (χ0v) is 28.3. The number of benzene rings is 3. The Hall–Kier alpha value is -3.48. The Balaban J connectivity index is 1.34. The third-order valence-corrected chi connectivity index (χ3v) is 9.71. The van der Waals surface area contributed by atoms with Gasteiger partial charge in [0.25, 0.3) is 0 Å². The Kier molecular flexibility index (Phi) is 12.4. The van der Waals surface area contributed by atoms with E-state index in [0.29, 0.717) is 13.1 Å². The first-order valence-electron chi connectivity index (χ1n) is 17.7. The van der Waals surface area contributed by atoms with Crippen LogP contribution in [0.5, 0.6) is 0 Å². The van der Waals surface area contributed by atoms with Crippen molar-refractivity contribution in [1.29, 1.82) is 0 Å². The van der Waals surface area contributed by atoms with E-state index < -0.39 is 0 Å². The normalized spacial score (nSPS) is 19.8. The fourth-order valence-corrected chi connectivity index (χ4v) is 7.45. The van der Waals surface area contributed by atoms with Gasteiger partial charge in [-0.3, -0.25) is 19.4 Å². The number of carbonyl (C=O) groups is 2. The summed E-state index contributed by atoms with van der Waals surface area (Å²) in [4.78, 5) is 37.4. The van der Waals surface area contributed by atoms with Gasteiger partial charge in [0.1, 0.15) is 0 Å². The second-order valence-electron chi connectivity index (χ2n) is 13.4. The Bertz CT molecular complexity index is 1280. The highest BCUT2D eigenvalue weighted by Gasteiger charge is 2.38. The Morgan fingerprint density at radius 1 is 0.674 bits per heavy atom. The molecule has 0 aromatic heterocycles. The van der Waals surface area contributed by atoms with E-state index in [9.17, 15) is 9.59 Å². The largest absolute Gasteiger partial charge is 0.338 e. The molecule has 2 fully saturated rings. The average molecular weight is 623 g/mol. The van der Waals surface area contributed by atoms with E-state index in [1.165, 1.54) is 22.3 Å². The van der Waals surface area contributed by atoms with E-state index in [-0.39, 0.29) is 29.8 Å². The zero-order valence-electron chi connectivity index (χ0n) is 28.3. The number of carbonyl (C=O) groups excluding carboxylic acids is 2. The number of hydrogen-bond acceptors (Lipinski definition) is 4. The standard InChI is InChI=1S/C40H54N4O2/c1-4-24-43(28-33-14-8-6-9-15-33)39(45)36-18-12-26-41(30-36)38(35-22-20-32(3)21-23-35)42-27-13-19-37(31-42)40(46)44(25-5-2)29-34-16-10-7-11-17-34/h6-11,14-17,20-23,36-38H,4-5,12-13,18-19,24-31H2,1-3H3. The summed E-state index contributed by atoms with van der Waals surface area (Å²) in [5, 5.41) is 0. The van der Waals surface area contributed by atoms with Gasteiger partial charge in [-0.05, 0) is 62.1 Å². The molecule has 0 aliphatic carbocycles. The number of amides is 2. The molecule has 46 heavy (non-hydrogen) atoms. The van der Waals surface area contributed by atoms with Crippen molar-refractivity contribution in [1.82, 2.24) is 19.6 Å². The van der Waals surface area contributed by atoms with Crippen molar-refractivity contribution in [3.8, 4) is 0 Å². The molecule has 2 amide bonds. The molecule has 3 aromatic rings. The molecule has 2 atom stereocenters. The third-order valence-electron chi connectivity index (χ3n) is 9.71. The molecule has 0 spiro atoms. The first-order valence-corrected chi connectivity index (χ1v) is 17.7. The van der Waals surface area contributed by atoms with Gasteiger partial charge in [-0.15, -0.1) is 0 Å². The van der Waals surface area contributed by atoms with E-state index in [1.54, 1.807) is 0 Å². The molecule has 6 heteroatoms. The van der Waals surface area contributed by atoms with Crippen LogP contribution in [0.3, 0.4) is 0 Å². The van der Waals surface area contributed by atoms with Crippen LogP contribution in [0, 0.1) is 18.8 Å². The highest BCUT2D eigenvalue weighted by molar-refractivity contribution is 5.79. The van der Waals surface area contributed by atoms with Crippen LogP contribution in [0.15, 0.2) is 84.9 Å². The summed E-state index contributed by atoms with van der Waals surface area (Å²) in [5.74, 6) is 0.511. The van der Waals surface area contributed by atoms with E-state index in [1.807, 2.05) is 12.1 Å². The molecule has 2 unspecified atom stereocenters. The maximum absolute atomic E-state index is 14.1. The van der Waals surface area contributed by atoms with Crippen molar-refractivity contribution in [3.05, 3.63) is 107 Å². The summed E-state index contributed by atoms with van der Waals surface area (Å²) in [5.41, 5.74) is 4.87. The lowest BCUT2D eigenvalue weighted by Crippen LogP contribution is -2.53. The first kappa shape index (κ1) is 33.9. The smallest absolute Gasteiger partial charge is 0.227 e. The van der Waals surface area contributed by atoms with Crippen LogP contribution in [0.1, 0.15) is 80.8 Å². The number of piperidine rings is 2. The maximum atomic E-state index is 14.1. The quantitative estimate of drug-likeness (QED) is 0.201. The van der Waals surface area contributed by atoms with Crippen molar-refractivity contribution in [2.24, 2.45) is 11.8 Å². The Labute approximate surface area is 277 Å². The maximum Gasteiger partial charge on any atom is 0.227 e. The van der Waals surface area contributed by atoms with Crippen molar-refractivity contribution in [3.63, 3.8) is 0 Å². The molecule has 0 saturated carbocycles. The molecule has 246 valence electrons. The van der Waals surface area contributed by atoms with Crippen LogP contribution in [0.25, 0.3) is 0 Å². The zero-order chi connectivity index (χ0) is 32.3. The van der Waals surface area contributed by atoms with Gasteiger partial charge in [0.2, 0.25) is 11.8 Å². The van der Waals surface area contributed by atoms with E-state index >= 15 is 0 Å². The molecule has 2 aliphatic rings. The summed E-state index contributed by atoms with van der Waals surface area (Å²) in [6.45, 7) is 12.7. The molecule has 2 heterocycles. The van der Waals surface area contributed by atoms with Gasteiger partial charge >= 0.3 is 0 Å². The van der Waals surface area contributed by atoms with Gasteiger partial charge in [-0.1, -0.05) is 104 Å². The molecular formula is C40H54N4O2. The second-order valence-corrected chi connectivity index (χ2v) is 13.4. The van der Waals surface area contributed by atoms with Gasteiger partial charge in [0.05, 0.1) is 18.0 Å². The number of rotatable bonds is 13. The van der Waals surface area contributed by atoms with Gasteiger partial charge in [0.15, 0.2) is 0 Å². The van der Waals surface area contributed by atoms with Gasteiger partial charge in [-0.25, -0.2) is 0 Å². The molecule has 0 N–H and O–H groups in total. The van der Waals surface area contributed by atoms with Crippen molar-refractivity contribution in [2.45, 2.75) is 78.6 Å². The van der Waals surface area contributed by atoms with Crippen LogP contribution in [-0.4, -0.2) is 70.7 Å². The minimum atomic E-state index is -0.0231. The topological polar surface area (TPSA) is 47.1 Å². The SMILES string of the molecule is CCCN(Cc1ccccc1)C(=O)C1CCCN(C(c2ccc(C)cc2)N2CCCC(C(=O)N(CCC)Cc3ccccc3)C2)C1. The van der Waals surface area contributed by atoms with Crippen LogP contribution in [0.2, 0.25) is 0 Å². The minimum absolute atomic E-state index is 0.0231. The molecule has 0 bridgehead atoms. The number of nitrogens with zero attached hydrogens (tertiary/aromatic N) is 4. The van der Waals surface area contributed by atoms with Crippen molar-refractivity contribution >= 4 is 11.8 Å². The highest BCUT2D eigenvalue weighted by atomic mass is 16.2. The Morgan fingerprint density at radius 2 is 1.11 bits per heavy atom. The van der Waals surface area contributed by atoms with Crippen LogP contribution in [-0.2, 0) is 22.7 Å². The molecule has 6 nitrogen and oxygen atoms in total. The third kappa shape index (κ3) is 8.86.